The van der Waals surface area contributed by atoms with Gasteiger partial charge in [0.15, 0.2) is 0 Å². The van der Waals surface area contributed by atoms with Crippen molar-refractivity contribution in [1.29, 1.82) is 0 Å². The molecule has 0 radical (unpaired) electrons. The van der Waals surface area contributed by atoms with E-state index in [1.807, 2.05) is 6.07 Å². The van der Waals surface area contributed by atoms with Crippen LogP contribution in [0, 0.1) is 5.82 Å². The number of benzene rings is 1. The first-order chi connectivity index (χ1) is 9.44. The summed E-state index contributed by atoms with van der Waals surface area (Å²) in [6, 6.07) is 6.78. The molecule has 0 saturated heterocycles. The zero-order valence-corrected chi connectivity index (χ0v) is 12.9. The lowest BCUT2D eigenvalue weighted by Gasteiger charge is -2.26. The third-order valence-corrected chi connectivity index (χ3v) is 2.88. The van der Waals surface area contributed by atoms with Crippen LogP contribution in [0.2, 0.25) is 0 Å². The SMILES string of the molecule is COCCCOC(CNC(C)(C)C)c1ccccc1F. The van der Waals surface area contributed by atoms with Crippen molar-refractivity contribution in [2.24, 2.45) is 0 Å². The highest BCUT2D eigenvalue weighted by molar-refractivity contribution is 5.20. The number of halogens is 1. The summed E-state index contributed by atoms with van der Waals surface area (Å²) in [4.78, 5) is 0. The lowest BCUT2D eigenvalue weighted by Crippen LogP contribution is -2.39. The van der Waals surface area contributed by atoms with E-state index in [-0.39, 0.29) is 17.5 Å². The van der Waals surface area contributed by atoms with Crippen LogP contribution in [0.15, 0.2) is 24.3 Å². The van der Waals surface area contributed by atoms with Gasteiger partial charge in [0.25, 0.3) is 0 Å². The summed E-state index contributed by atoms with van der Waals surface area (Å²) in [6.45, 7) is 8.02. The van der Waals surface area contributed by atoms with E-state index in [4.69, 9.17) is 9.47 Å². The third kappa shape index (κ3) is 6.46. The molecule has 3 nitrogen and oxygen atoms in total. The molecular weight excluding hydrogens is 257 g/mol. The van der Waals surface area contributed by atoms with Gasteiger partial charge in [0.1, 0.15) is 5.82 Å². The number of rotatable bonds is 8. The van der Waals surface area contributed by atoms with Gasteiger partial charge in [0.05, 0.1) is 6.10 Å². The molecule has 1 aromatic carbocycles. The van der Waals surface area contributed by atoms with Crippen LogP contribution in [0.4, 0.5) is 4.39 Å². The summed E-state index contributed by atoms with van der Waals surface area (Å²) in [5.41, 5.74) is 0.570. The topological polar surface area (TPSA) is 30.5 Å². The summed E-state index contributed by atoms with van der Waals surface area (Å²) in [5.74, 6) is -0.222. The van der Waals surface area contributed by atoms with Crippen molar-refractivity contribution >= 4 is 0 Å². The van der Waals surface area contributed by atoms with Crippen LogP contribution >= 0.6 is 0 Å². The molecule has 1 N–H and O–H groups in total. The van der Waals surface area contributed by atoms with Gasteiger partial charge in [-0.05, 0) is 33.3 Å². The van der Waals surface area contributed by atoms with Crippen LogP contribution in [0.1, 0.15) is 38.9 Å². The molecule has 114 valence electrons. The molecule has 0 fully saturated rings. The molecule has 0 aliphatic carbocycles. The van der Waals surface area contributed by atoms with Gasteiger partial charge in [-0.1, -0.05) is 18.2 Å². The zero-order chi connectivity index (χ0) is 15.0. The van der Waals surface area contributed by atoms with Gasteiger partial charge in [-0.2, -0.15) is 0 Å². The summed E-state index contributed by atoms with van der Waals surface area (Å²) >= 11 is 0. The zero-order valence-electron chi connectivity index (χ0n) is 12.9. The second kappa shape index (κ2) is 8.35. The maximum absolute atomic E-state index is 13.9. The fourth-order valence-corrected chi connectivity index (χ4v) is 1.82. The Bertz CT molecular complexity index is 390. The van der Waals surface area contributed by atoms with E-state index in [0.29, 0.717) is 25.3 Å². The van der Waals surface area contributed by atoms with Crippen LogP contribution < -0.4 is 5.32 Å². The molecule has 0 heterocycles. The average molecular weight is 283 g/mol. The lowest BCUT2D eigenvalue weighted by molar-refractivity contribution is 0.0333. The minimum Gasteiger partial charge on any atom is -0.385 e. The summed E-state index contributed by atoms with van der Waals surface area (Å²) in [5, 5.41) is 3.37. The predicted molar refractivity (Wildman–Crippen MR) is 79.3 cm³/mol. The molecule has 20 heavy (non-hydrogen) atoms. The van der Waals surface area contributed by atoms with Crippen LogP contribution in [-0.4, -0.2) is 32.4 Å². The standard InChI is InChI=1S/C16H26FNO2/c1-16(2,3)18-12-15(20-11-7-10-19-4)13-8-5-6-9-14(13)17/h5-6,8-9,15,18H,7,10-12H2,1-4H3. The number of hydrogen-bond donors (Lipinski definition) is 1. The Morgan fingerprint density at radius 1 is 1.20 bits per heavy atom. The van der Waals surface area contributed by atoms with Crippen molar-refractivity contribution in [2.45, 2.75) is 38.8 Å². The third-order valence-electron chi connectivity index (χ3n) is 2.88. The maximum Gasteiger partial charge on any atom is 0.129 e. The van der Waals surface area contributed by atoms with E-state index in [9.17, 15) is 4.39 Å². The molecule has 0 aromatic heterocycles. The smallest absolute Gasteiger partial charge is 0.129 e. The first-order valence-electron chi connectivity index (χ1n) is 7.04. The summed E-state index contributed by atoms with van der Waals surface area (Å²) in [6.07, 6.45) is 0.518. The molecule has 1 atom stereocenters. The van der Waals surface area contributed by atoms with Crippen molar-refractivity contribution in [2.75, 3.05) is 26.9 Å². The molecule has 4 heteroatoms. The van der Waals surface area contributed by atoms with Crippen LogP contribution in [0.25, 0.3) is 0 Å². The Labute approximate surface area is 121 Å². The van der Waals surface area contributed by atoms with Crippen molar-refractivity contribution in [3.8, 4) is 0 Å². The second-order valence-electron chi connectivity index (χ2n) is 5.86. The van der Waals surface area contributed by atoms with Crippen LogP contribution in [0.5, 0.6) is 0 Å². The van der Waals surface area contributed by atoms with E-state index in [1.54, 1.807) is 19.2 Å². The van der Waals surface area contributed by atoms with Gasteiger partial charge >= 0.3 is 0 Å². The quantitative estimate of drug-likeness (QED) is 0.743. The Balaban J connectivity index is 2.66. The van der Waals surface area contributed by atoms with Gasteiger partial charge in [-0.25, -0.2) is 4.39 Å². The maximum atomic E-state index is 13.9. The van der Waals surface area contributed by atoms with Gasteiger partial charge in [0, 0.05) is 38.0 Å². The van der Waals surface area contributed by atoms with Gasteiger partial charge in [-0.15, -0.1) is 0 Å². The monoisotopic (exact) mass is 283 g/mol. The molecular formula is C16H26FNO2. The first-order valence-corrected chi connectivity index (χ1v) is 7.04. The highest BCUT2D eigenvalue weighted by Crippen LogP contribution is 2.21. The minimum atomic E-state index is -0.285. The van der Waals surface area contributed by atoms with Crippen molar-refractivity contribution < 1.29 is 13.9 Å². The van der Waals surface area contributed by atoms with E-state index in [0.717, 1.165) is 6.42 Å². The van der Waals surface area contributed by atoms with Crippen molar-refractivity contribution in [1.82, 2.24) is 5.32 Å². The Hall–Kier alpha value is -0.970. The normalized spacial score (nSPS) is 13.4. The minimum absolute atomic E-state index is 0.0284. The van der Waals surface area contributed by atoms with Gasteiger partial charge in [0.2, 0.25) is 0 Å². The van der Waals surface area contributed by atoms with Gasteiger partial charge < -0.3 is 14.8 Å². The van der Waals surface area contributed by atoms with Crippen LogP contribution in [-0.2, 0) is 9.47 Å². The number of ether oxygens (including phenoxy) is 2. The largest absolute Gasteiger partial charge is 0.385 e. The van der Waals surface area contributed by atoms with Crippen molar-refractivity contribution in [3.63, 3.8) is 0 Å². The predicted octanol–water partition coefficient (Wildman–Crippen LogP) is 3.31. The highest BCUT2D eigenvalue weighted by Gasteiger charge is 2.19. The van der Waals surface area contributed by atoms with Crippen molar-refractivity contribution in [3.05, 3.63) is 35.6 Å². The summed E-state index contributed by atoms with van der Waals surface area (Å²) < 4.78 is 24.7. The Kier molecular flexibility index (Phi) is 7.13. The fourth-order valence-electron chi connectivity index (χ4n) is 1.82. The van der Waals surface area contributed by atoms with E-state index >= 15 is 0 Å². The molecule has 1 unspecified atom stereocenters. The number of nitrogens with one attached hydrogen (secondary N) is 1. The van der Waals surface area contributed by atoms with E-state index < -0.39 is 0 Å². The van der Waals surface area contributed by atoms with E-state index in [1.165, 1.54) is 6.07 Å². The van der Waals surface area contributed by atoms with Crippen LogP contribution in [0.3, 0.4) is 0 Å². The molecule has 0 spiro atoms. The molecule has 0 bridgehead atoms. The molecule has 0 aliphatic heterocycles. The molecule has 0 amide bonds. The summed E-state index contributed by atoms with van der Waals surface area (Å²) in [7, 11) is 1.66. The molecule has 1 rings (SSSR count). The van der Waals surface area contributed by atoms with E-state index in [2.05, 4.69) is 26.1 Å². The Morgan fingerprint density at radius 2 is 1.90 bits per heavy atom. The first kappa shape index (κ1) is 17.1. The molecule has 0 aliphatic rings. The lowest BCUT2D eigenvalue weighted by atomic mass is 10.1. The fraction of sp³-hybridized carbons (Fsp3) is 0.625. The second-order valence-corrected chi connectivity index (χ2v) is 5.86. The molecule has 0 saturated carbocycles. The Morgan fingerprint density at radius 3 is 2.50 bits per heavy atom. The van der Waals surface area contributed by atoms with Gasteiger partial charge in [-0.3, -0.25) is 0 Å². The number of methoxy groups -OCH3 is 1. The molecule has 1 aromatic rings. The number of hydrogen-bond acceptors (Lipinski definition) is 3. The highest BCUT2D eigenvalue weighted by atomic mass is 19.1. The average Bonchev–Trinajstić information content (AvgIpc) is 2.38.